The van der Waals surface area contributed by atoms with Gasteiger partial charge < -0.3 is 10.1 Å². The molecule has 0 saturated carbocycles. The van der Waals surface area contributed by atoms with Crippen molar-refractivity contribution in [2.75, 3.05) is 17.1 Å². The van der Waals surface area contributed by atoms with Gasteiger partial charge in [-0.25, -0.2) is 8.42 Å². The highest BCUT2D eigenvalue weighted by atomic mass is 35.5. The largest absolute Gasteiger partial charge is 0.496 e. The third kappa shape index (κ3) is 4.62. The SMILES string of the molecule is COc1ccccc1C(=O)Nc1ccc(S(=O)(=O)Nc2ccc(Cl)cc2)cc1. The summed E-state index contributed by atoms with van der Waals surface area (Å²) in [4.78, 5) is 12.5. The normalized spacial score (nSPS) is 10.9. The lowest BCUT2D eigenvalue weighted by Crippen LogP contribution is -2.14. The van der Waals surface area contributed by atoms with E-state index in [9.17, 15) is 13.2 Å². The molecular weight excluding hydrogens is 400 g/mol. The van der Waals surface area contributed by atoms with E-state index < -0.39 is 10.0 Å². The summed E-state index contributed by atoms with van der Waals surface area (Å²) >= 11 is 5.80. The third-order valence-electron chi connectivity index (χ3n) is 3.87. The van der Waals surface area contributed by atoms with Gasteiger partial charge in [-0.15, -0.1) is 0 Å². The Morgan fingerprint density at radius 3 is 2.14 bits per heavy atom. The van der Waals surface area contributed by atoms with Crippen LogP contribution in [0.15, 0.2) is 77.7 Å². The van der Waals surface area contributed by atoms with E-state index in [0.717, 1.165) is 0 Å². The molecule has 0 radical (unpaired) electrons. The van der Waals surface area contributed by atoms with Crippen LogP contribution in [0.3, 0.4) is 0 Å². The van der Waals surface area contributed by atoms with Gasteiger partial charge in [-0.3, -0.25) is 9.52 Å². The van der Waals surface area contributed by atoms with E-state index in [4.69, 9.17) is 16.3 Å². The molecule has 3 rings (SSSR count). The van der Waals surface area contributed by atoms with Crippen molar-refractivity contribution in [3.8, 4) is 5.75 Å². The molecule has 0 spiro atoms. The second-order valence-corrected chi connectivity index (χ2v) is 7.91. The number of nitrogens with one attached hydrogen (secondary N) is 2. The molecule has 2 N–H and O–H groups in total. The number of sulfonamides is 1. The second-order valence-electron chi connectivity index (χ2n) is 5.79. The summed E-state index contributed by atoms with van der Waals surface area (Å²) in [6.07, 6.45) is 0. The van der Waals surface area contributed by atoms with Crippen molar-refractivity contribution in [1.82, 2.24) is 0 Å². The summed E-state index contributed by atoms with van der Waals surface area (Å²) < 4.78 is 32.6. The average Bonchev–Trinajstić information content (AvgIpc) is 2.70. The number of amides is 1. The summed E-state index contributed by atoms with van der Waals surface area (Å²) in [6, 6.07) is 19.0. The quantitative estimate of drug-likeness (QED) is 0.623. The Kier molecular flexibility index (Phi) is 5.87. The molecule has 0 aliphatic carbocycles. The van der Waals surface area contributed by atoms with E-state index >= 15 is 0 Å². The minimum Gasteiger partial charge on any atom is -0.496 e. The Balaban J connectivity index is 1.74. The number of carbonyl (C=O) groups is 1. The van der Waals surface area contributed by atoms with Crippen molar-refractivity contribution in [2.24, 2.45) is 0 Å². The molecule has 0 aliphatic heterocycles. The maximum absolute atomic E-state index is 12.5. The van der Waals surface area contributed by atoms with Crippen LogP contribution in [0.2, 0.25) is 5.02 Å². The van der Waals surface area contributed by atoms with Crippen LogP contribution in [0.25, 0.3) is 0 Å². The van der Waals surface area contributed by atoms with E-state index in [1.807, 2.05) is 0 Å². The van der Waals surface area contributed by atoms with Crippen LogP contribution in [0.1, 0.15) is 10.4 Å². The van der Waals surface area contributed by atoms with Gasteiger partial charge in [-0.2, -0.15) is 0 Å². The molecule has 144 valence electrons. The van der Waals surface area contributed by atoms with E-state index in [1.54, 1.807) is 48.5 Å². The first-order valence-corrected chi connectivity index (χ1v) is 10.1. The number of hydrogen-bond donors (Lipinski definition) is 2. The maximum atomic E-state index is 12.5. The van der Waals surface area contributed by atoms with Gasteiger partial charge in [-0.05, 0) is 60.7 Å². The average molecular weight is 417 g/mol. The third-order valence-corrected chi connectivity index (χ3v) is 5.52. The zero-order chi connectivity index (χ0) is 20.1. The van der Waals surface area contributed by atoms with Crippen molar-refractivity contribution >= 4 is 38.9 Å². The van der Waals surface area contributed by atoms with Crippen LogP contribution in [-0.4, -0.2) is 21.4 Å². The van der Waals surface area contributed by atoms with E-state index in [-0.39, 0.29) is 10.8 Å². The van der Waals surface area contributed by atoms with Crippen molar-refractivity contribution in [3.05, 3.63) is 83.4 Å². The van der Waals surface area contributed by atoms with Crippen LogP contribution >= 0.6 is 11.6 Å². The predicted molar refractivity (Wildman–Crippen MR) is 110 cm³/mol. The number of hydrogen-bond acceptors (Lipinski definition) is 4. The number of ether oxygens (including phenoxy) is 1. The molecule has 0 bridgehead atoms. The molecule has 8 heteroatoms. The molecule has 3 aromatic rings. The van der Waals surface area contributed by atoms with E-state index in [1.165, 1.54) is 31.4 Å². The number of anilines is 2. The maximum Gasteiger partial charge on any atom is 0.261 e. The Morgan fingerprint density at radius 2 is 1.50 bits per heavy atom. The molecule has 0 saturated heterocycles. The monoisotopic (exact) mass is 416 g/mol. The van der Waals surface area contributed by atoms with Gasteiger partial charge >= 0.3 is 0 Å². The Labute approximate surface area is 168 Å². The van der Waals surface area contributed by atoms with Gasteiger partial charge in [0, 0.05) is 16.4 Å². The molecule has 0 aliphatic rings. The summed E-state index contributed by atoms with van der Waals surface area (Å²) in [5.41, 5.74) is 1.24. The van der Waals surface area contributed by atoms with Gasteiger partial charge in [0.15, 0.2) is 0 Å². The van der Waals surface area contributed by atoms with Gasteiger partial charge in [0.2, 0.25) is 0 Å². The number of methoxy groups -OCH3 is 1. The van der Waals surface area contributed by atoms with Crippen LogP contribution in [0.5, 0.6) is 5.75 Å². The van der Waals surface area contributed by atoms with E-state index in [0.29, 0.717) is 27.7 Å². The van der Waals surface area contributed by atoms with Gasteiger partial charge in [0.1, 0.15) is 5.75 Å². The molecule has 28 heavy (non-hydrogen) atoms. The van der Waals surface area contributed by atoms with Crippen LogP contribution in [0, 0.1) is 0 Å². The highest BCUT2D eigenvalue weighted by molar-refractivity contribution is 7.92. The standard InChI is InChI=1S/C20H17ClN2O4S/c1-27-19-5-3-2-4-18(19)20(24)22-15-10-12-17(13-11-15)28(25,26)23-16-8-6-14(21)7-9-16/h2-13,23H,1H3,(H,22,24). The van der Waals surface area contributed by atoms with Crippen LogP contribution < -0.4 is 14.8 Å². The first-order valence-electron chi connectivity index (χ1n) is 8.22. The molecule has 3 aromatic carbocycles. The molecule has 0 unspecified atom stereocenters. The minimum absolute atomic E-state index is 0.0674. The summed E-state index contributed by atoms with van der Waals surface area (Å²) in [5.74, 6) is 0.0960. The number of para-hydroxylation sites is 1. The summed E-state index contributed by atoms with van der Waals surface area (Å²) in [7, 11) is -2.27. The topological polar surface area (TPSA) is 84.5 Å². The highest BCUT2D eigenvalue weighted by Crippen LogP contribution is 2.22. The lowest BCUT2D eigenvalue weighted by atomic mass is 10.2. The minimum atomic E-state index is -3.76. The molecule has 1 amide bonds. The number of benzene rings is 3. The lowest BCUT2D eigenvalue weighted by molar-refractivity contribution is 0.102. The molecule has 0 fully saturated rings. The molecule has 0 atom stereocenters. The Morgan fingerprint density at radius 1 is 0.893 bits per heavy atom. The Bertz CT molecular complexity index is 1080. The van der Waals surface area contributed by atoms with Gasteiger partial charge in [0.25, 0.3) is 15.9 Å². The Hall–Kier alpha value is -3.03. The second kappa shape index (κ2) is 8.33. The van der Waals surface area contributed by atoms with Crippen molar-refractivity contribution in [2.45, 2.75) is 4.90 Å². The summed E-state index contributed by atoms with van der Waals surface area (Å²) in [6.45, 7) is 0. The molecule has 0 aromatic heterocycles. The fraction of sp³-hybridized carbons (Fsp3) is 0.0500. The fourth-order valence-corrected chi connectivity index (χ4v) is 3.66. The first kappa shape index (κ1) is 19.7. The molecule has 6 nitrogen and oxygen atoms in total. The van der Waals surface area contributed by atoms with E-state index in [2.05, 4.69) is 10.0 Å². The highest BCUT2D eigenvalue weighted by Gasteiger charge is 2.15. The van der Waals surface area contributed by atoms with Crippen LogP contribution in [-0.2, 0) is 10.0 Å². The van der Waals surface area contributed by atoms with Crippen LogP contribution in [0.4, 0.5) is 11.4 Å². The zero-order valence-electron chi connectivity index (χ0n) is 14.8. The van der Waals surface area contributed by atoms with Crippen molar-refractivity contribution in [1.29, 1.82) is 0 Å². The predicted octanol–water partition coefficient (Wildman–Crippen LogP) is 4.40. The number of carbonyl (C=O) groups excluding carboxylic acids is 1. The molecular formula is C20H17ClN2O4S. The number of halogens is 1. The van der Waals surface area contributed by atoms with Gasteiger partial charge in [0.05, 0.1) is 17.6 Å². The lowest BCUT2D eigenvalue weighted by Gasteiger charge is -2.11. The summed E-state index contributed by atoms with van der Waals surface area (Å²) in [5, 5.41) is 3.23. The molecule has 0 heterocycles. The van der Waals surface area contributed by atoms with Crippen molar-refractivity contribution < 1.29 is 17.9 Å². The zero-order valence-corrected chi connectivity index (χ0v) is 16.4. The van der Waals surface area contributed by atoms with Crippen molar-refractivity contribution in [3.63, 3.8) is 0 Å². The fourth-order valence-electron chi connectivity index (χ4n) is 2.48. The smallest absolute Gasteiger partial charge is 0.261 e. The van der Waals surface area contributed by atoms with Gasteiger partial charge in [-0.1, -0.05) is 23.7 Å². The first-order chi connectivity index (χ1) is 13.4. The number of rotatable bonds is 6.